The number of halogens is 1. The number of benzene rings is 1. The molecule has 3 atom stereocenters. The number of aryl methyl sites for hydroxylation is 2. The normalized spacial score (nSPS) is 25.0. The zero-order valence-electron chi connectivity index (χ0n) is 12.6. The zero-order chi connectivity index (χ0) is 14.7. The van der Waals surface area contributed by atoms with Crippen LogP contribution in [-0.4, -0.2) is 23.2 Å². The molecule has 1 aliphatic carbocycles. The van der Waals surface area contributed by atoms with E-state index in [0.29, 0.717) is 25.8 Å². The summed E-state index contributed by atoms with van der Waals surface area (Å²) in [5.41, 5.74) is 9.36. The molecule has 4 nitrogen and oxygen atoms in total. The fraction of sp³-hybridized carbons (Fsp3) is 0.562. The molecule has 118 valence electrons. The van der Waals surface area contributed by atoms with Crippen molar-refractivity contribution in [1.29, 1.82) is 0 Å². The molecule has 0 spiro atoms. The third-order valence-electron chi connectivity index (χ3n) is 4.19. The average Bonchev–Trinajstić information content (AvgIpc) is 2.42. The summed E-state index contributed by atoms with van der Waals surface area (Å²) in [4.78, 5) is 12.2. The molecule has 0 heterocycles. The van der Waals surface area contributed by atoms with E-state index in [1.165, 1.54) is 11.1 Å². The summed E-state index contributed by atoms with van der Waals surface area (Å²) in [6, 6.07) is 5.97. The minimum atomic E-state index is -0.460. The molecule has 0 radical (unpaired) electrons. The molecular formula is C16H25ClN2O2. The maximum atomic E-state index is 12.2. The summed E-state index contributed by atoms with van der Waals surface area (Å²) < 4.78 is 0. The van der Waals surface area contributed by atoms with Crippen molar-refractivity contribution < 1.29 is 9.90 Å². The Labute approximate surface area is 132 Å². The second kappa shape index (κ2) is 7.78. The van der Waals surface area contributed by atoms with Gasteiger partial charge in [-0.2, -0.15) is 0 Å². The lowest BCUT2D eigenvalue weighted by atomic mass is 9.83. The summed E-state index contributed by atoms with van der Waals surface area (Å²) in [6.07, 6.45) is 1.44. The number of aliphatic hydroxyl groups excluding tert-OH is 1. The van der Waals surface area contributed by atoms with Crippen molar-refractivity contribution in [1.82, 2.24) is 5.32 Å². The lowest BCUT2D eigenvalue weighted by Crippen LogP contribution is -2.44. The fourth-order valence-electron chi connectivity index (χ4n) is 2.75. The van der Waals surface area contributed by atoms with Crippen LogP contribution in [0.2, 0.25) is 0 Å². The zero-order valence-corrected chi connectivity index (χ0v) is 13.5. The molecule has 4 N–H and O–H groups in total. The van der Waals surface area contributed by atoms with Gasteiger partial charge in [-0.1, -0.05) is 23.8 Å². The molecule has 0 bridgehead atoms. The first kappa shape index (κ1) is 18.0. The first-order chi connectivity index (χ1) is 9.47. The summed E-state index contributed by atoms with van der Waals surface area (Å²) >= 11 is 0. The number of nitrogens with two attached hydrogens (primary N) is 1. The van der Waals surface area contributed by atoms with E-state index in [4.69, 9.17) is 5.73 Å². The third kappa shape index (κ3) is 4.70. The Morgan fingerprint density at radius 1 is 1.38 bits per heavy atom. The summed E-state index contributed by atoms with van der Waals surface area (Å²) in [5.74, 6) is -0.0215. The van der Waals surface area contributed by atoms with E-state index in [2.05, 4.69) is 23.5 Å². The highest BCUT2D eigenvalue weighted by Crippen LogP contribution is 2.24. The second-order valence-electron chi connectivity index (χ2n) is 5.89. The van der Waals surface area contributed by atoms with Gasteiger partial charge in [-0.15, -0.1) is 12.4 Å². The molecular weight excluding hydrogens is 288 g/mol. The van der Waals surface area contributed by atoms with Crippen LogP contribution < -0.4 is 11.1 Å². The number of aliphatic hydroxyl groups is 1. The van der Waals surface area contributed by atoms with E-state index < -0.39 is 6.10 Å². The Balaban J connectivity index is 0.00000220. The predicted molar refractivity (Wildman–Crippen MR) is 86.3 cm³/mol. The van der Waals surface area contributed by atoms with Gasteiger partial charge in [0.15, 0.2) is 0 Å². The molecule has 0 unspecified atom stereocenters. The Morgan fingerprint density at radius 3 is 2.76 bits per heavy atom. The highest BCUT2D eigenvalue weighted by molar-refractivity contribution is 5.85. The largest absolute Gasteiger partial charge is 0.392 e. The van der Waals surface area contributed by atoms with Gasteiger partial charge >= 0.3 is 0 Å². The van der Waals surface area contributed by atoms with Crippen LogP contribution in [0.1, 0.15) is 36.0 Å². The Morgan fingerprint density at radius 2 is 2.10 bits per heavy atom. The number of amides is 1. The van der Waals surface area contributed by atoms with Crippen molar-refractivity contribution >= 4 is 18.3 Å². The summed E-state index contributed by atoms with van der Waals surface area (Å²) in [7, 11) is 0. The van der Waals surface area contributed by atoms with Crippen LogP contribution in [0.15, 0.2) is 18.2 Å². The molecule has 1 aromatic carbocycles. The van der Waals surface area contributed by atoms with Crippen LogP contribution in [0.5, 0.6) is 0 Å². The van der Waals surface area contributed by atoms with Crippen molar-refractivity contribution in [3.63, 3.8) is 0 Å². The van der Waals surface area contributed by atoms with Crippen LogP contribution in [-0.2, 0) is 11.3 Å². The standard InChI is InChI=1S/C16H24N2O2.ClH/c1-10-3-4-11(2)13(7-10)9-18-16(20)12-5-6-15(19)14(17)8-12;/h3-4,7,12,14-15,19H,5-6,8-9,17H2,1-2H3,(H,18,20);1H/t12-,14+,15+;/m0./s1. The van der Waals surface area contributed by atoms with Gasteiger partial charge in [-0.05, 0) is 44.2 Å². The van der Waals surface area contributed by atoms with Crippen molar-refractivity contribution in [2.75, 3.05) is 0 Å². The molecule has 21 heavy (non-hydrogen) atoms. The fourth-order valence-corrected chi connectivity index (χ4v) is 2.75. The van der Waals surface area contributed by atoms with Gasteiger partial charge in [0.25, 0.3) is 0 Å². The number of hydrogen-bond acceptors (Lipinski definition) is 3. The Hall–Kier alpha value is -1.10. The quantitative estimate of drug-likeness (QED) is 0.797. The summed E-state index contributed by atoms with van der Waals surface area (Å²) in [5, 5.41) is 12.6. The Bertz CT molecular complexity index is 493. The molecule has 0 aliphatic heterocycles. The molecule has 1 amide bonds. The molecule has 1 aromatic rings. The van der Waals surface area contributed by atoms with Gasteiger partial charge in [-0.3, -0.25) is 4.79 Å². The number of rotatable bonds is 3. The van der Waals surface area contributed by atoms with Crippen LogP contribution in [0.4, 0.5) is 0 Å². The number of carbonyl (C=O) groups is 1. The minimum absolute atomic E-state index is 0. The first-order valence-electron chi connectivity index (χ1n) is 7.25. The maximum Gasteiger partial charge on any atom is 0.223 e. The van der Waals surface area contributed by atoms with E-state index in [1.54, 1.807) is 0 Å². The number of hydrogen-bond donors (Lipinski definition) is 3. The van der Waals surface area contributed by atoms with Crippen molar-refractivity contribution in [3.8, 4) is 0 Å². The van der Waals surface area contributed by atoms with Crippen LogP contribution in [0.3, 0.4) is 0 Å². The van der Waals surface area contributed by atoms with E-state index in [9.17, 15) is 9.90 Å². The highest BCUT2D eigenvalue weighted by Gasteiger charge is 2.30. The molecule has 0 saturated heterocycles. The molecule has 0 aromatic heterocycles. The van der Waals surface area contributed by atoms with E-state index in [0.717, 1.165) is 5.56 Å². The van der Waals surface area contributed by atoms with Crippen LogP contribution in [0, 0.1) is 19.8 Å². The lowest BCUT2D eigenvalue weighted by molar-refractivity contribution is -0.127. The van der Waals surface area contributed by atoms with Gasteiger partial charge in [0, 0.05) is 18.5 Å². The van der Waals surface area contributed by atoms with Gasteiger partial charge in [0.1, 0.15) is 0 Å². The van der Waals surface area contributed by atoms with Crippen LogP contribution >= 0.6 is 12.4 Å². The highest BCUT2D eigenvalue weighted by atomic mass is 35.5. The lowest BCUT2D eigenvalue weighted by Gasteiger charge is -2.30. The van der Waals surface area contributed by atoms with Gasteiger partial charge in [0.05, 0.1) is 6.10 Å². The van der Waals surface area contributed by atoms with Crippen molar-refractivity contribution in [2.45, 2.75) is 51.8 Å². The SMILES string of the molecule is Cc1ccc(C)c(CNC(=O)[C@H]2CC[C@@H](O)[C@H](N)C2)c1.Cl. The van der Waals surface area contributed by atoms with Crippen LogP contribution in [0.25, 0.3) is 0 Å². The van der Waals surface area contributed by atoms with Crippen molar-refractivity contribution in [3.05, 3.63) is 34.9 Å². The minimum Gasteiger partial charge on any atom is -0.392 e. The molecule has 1 saturated carbocycles. The molecule has 5 heteroatoms. The molecule has 1 fully saturated rings. The van der Waals surface area contributed by atoms with E-state index in [-0.39, 0.29) is 30.3 Å². The third-order valence-corrected chi connectivity index (χ3v) is 4.19. The van der Waals surface area contributed by atoms with E-state index in [1.807, 2.05) is 13.8 Å². The predicted octanol–water partition coefficient (Wildman–Crippen LogP) is 1.83. The molecule has 2 rings (SSSR count). The smallest absolute Gasteiger partial charge is 0.223 e. The van der Waals surface area contributed by atoms with Gasteiger partial charge in [0.2, 0.25) is 5.91 Å². The Kier molecular flexibility index (Phi) is 6.65. The molecule has 1 aliphatic rings. The van der Waals surface area contributed by atoms with Gasteiger partial charge in [-0.25, -0.2) is 0 Å². The van der Waals surface area contributed by atoms with E-state index >= 15 is 0 Å². The maximum absolute atomic E-state index is 12.2. The van der Waals surface area contributed by atoms with Crippen molar-refractivity contribution in [2.24, 2.45) is 11.7 Å². The van der Waals surface area contributed by atoms with Gasteiger partial charge < -0.3 is 16.2 Å². The summed E-state index contributed by atoms with van der Waals surface area (Å²) in [6.45, 7) is 4.65. The average molecular weight is 313 g/mol. The number of carbonyl (C=O) groups excluding carboxylic acids is 1. The first-order valence-corrected chi connectivity index (χ1v) is 7.25. The monoisotopic (exact) mass is 312 g/mol. The number of nitrogens with one attached hydrogen (secondary N) is 1. The second-order valence-corrected chi connectivity index (χ2v) is 5.89. The topological polar surface area (TPSA) is 75.3 Å².